The number of hydrogen-bond donors (Lipinski definition) is 1. The number of halogens is 2. The maximum atomic E-state index is 12.7. The lowest BCUT2D eigenvalue weighted by atomic mass is 10.1. The largest absolute Gasteiger partial charge is 0.492 e. The molecule has 1 amide bonds. The van der Waals surface area contributed by atoms with Crippen LogP contribution >= 0.6 is 43.2 Å². The van der Waals surface area contributed by atoms with E-state index in [0.29, 0.717) is 38.3 Å². The lowest BCUT2D eigenvalue weighted by molar-refractivity contribution is 0.0948. The minimum atomic E-state index is -0.293. The van der Waals surface area contributed by atoms with Crippen LogP contribution in [0.25, 0.3) is 0 Å². The van der Waals surface area contributed by atoms with Crippen molar-refractivity contribution in [3.63, 3.8) is 0 Å². The molecule has 1 aromatic heterocycles. The maximum Gasteiger partial charge on any atom is 0.254 e. The van der Waals surface area contributed by atoms with E-state index in [4.69, 9.17) is 14.2 Å². The number of ether oxygens (including phenoxy) is 3. The molecule has 0 fully saturated rings. The lowest BCUT2D eigenvalue weighted by Crippen LogP contribution is -2.24. The minimum absolute atomic E-state index is 0.293. The molecule has 0 radical (unpaired) electrons. The van der Waals surface area contributed by atoms with Crippen molar-refractivity contribution in [3.8, 4) is 17.2 Å². The summed E-state index contributed by atoms with van der Waals surface area (Å²) in [5, 5.41) is 5.71. The van der Waals surface area contributed by atoms with Gasteiger partial charge in [-0.1, -0.05) is 0 Å². The molecule has 0 bridgehead atoms. The fourth-order valence-electron chi connectivity index (χ4n) is 2.12. The van der Waals surface area contributed by atoms with Crippen LogP contribution in [0.4, 0.5) is 0 Å². The molecule has 0 saturated heterocycles. The standard InChI is InChI=1S/C15H16Br2N2O4S/c1-7-19-8(6-24-7)5-18-15(20)9-10(16)12(21-2)14(23-4)13(22-3)11(9)17/h6H,5H2,1-4H3,(H,18,20). The predicted octanol–water partition coefficient (Wildman–Crippen LogP) is 3.93. The first-order chi connectivity index (χ1) is 11.4. The average Bonchev–Trinajstić information content (AvgIpc) is 2.97. The van der Waals surface area contributed by atoms with Crippen molar-refractivity contribution in [2.24, 2.45) is 0 Å². The Hall–Kier alpha value is -1.32. The van der Waals surface area contributed by atoms with E-state index in [-0.39, 0.29) is 5.91 Å². The third-order valence-electron chi connectivity index (χ3n) is 3.19. The van der Waals surface area contributed by atoms with Crippen molar-refractivity contribution in [2.45, 2.75) is 13.5 Å². The number of carbonyl (C=O) groups excluding carboxylic acids is 1. The van der Waals surface area contributed by atoms with E-state index < -0.39 is 0 Å². The number of benzene rings is 1. The molecule has 0 unspecified atom stereocenters. The van der Waals surface area contributed by atoms with Crippen LogP contribution in [0.2, 0.25) is 0 Å². The summed E-state index contributed by atoms with van der Waals surface area (Å²) in [6, 6.07) is 0. The van der Waals surface area contributed by atoms with Crippen molar-refractivity contribution in [3.05, 3.63) is 30.6 Å². The topological polar surface area (TPSA) is 69.7 Å². The van der Waals surface area contributed by atoms with Gasteiger partial charge in [-0.3, -0.25) is 4.79 Å². The first kappa shape index (κ1) is 19.0. The number of rotatable bonds is 6. The summed E-state index contributed by atoms with van der Waals surface area (Å²) in [5.74, 6) is 0.864. The number of nitrogens with one attached hydrogen (secondary N) is 1. The highest BCUT2D eigenvalue weighted by Crippen LogP contribution is 2.49. The molecule has 0 aliphatic rings. The zero-order valence-corrected chi connectivity index (χ0v) is 17.5. The monoisotopic (exact) mass is 478 g/mol. The molecule has 0 spiro atoms. The SMILES string of the molecule is COc1c(Br)c(C(=O)NCc2csc(C)n2)c(Br)c(OC)c1OC. The average molecular weight is 480 g/mol. The van der Waals surface area contributed by atoms with E-state index in [0.717, 1.165) is 10.7 Å². The minimum Gasteiger partial charge on any atom is -0.492 e. The number of carbonyl (C=O) groups is 1. The zero-order valence-electron chi connectivity index (χ0n) is 13.5. The lowest BCUT2D eigenvalue weighted by Gasteiger charge is -2.18. The second kappa shape index (κ2) is 8.17. The van der Waals surface area contributed by atoms with Gasteiger partial charge in [-0.25, -0.2) is 4.98 Å². The smallest absolute Gasteiger partial charge is 0.254 e. The molecule has 0 aliphatic heterocycles. The highest BCUT2D eigenvalue weighted by atomic mass is 79.9. The highest BCUT2D eigenvalue weighted by molar-refractivity contribution is 9.11. The van der Waals surface area contributed by atoms with E-state index >= 15 is 0 Å². The number of hydrogen-bond acceptors (Lipinski definition) is 6. The normalized spacial score (nSPS) is 10.4. The summed E-state index contributed by atoms with van der Waals surface area (Å²) in [6.07, 6.45) is 0. The quantitative estimate of drug-likeness (QED) is 0.679. The van der Waals surface area contributed by atoms with Crippen molar-refractivity contribution < 1.29 is 19.0 Å². The summed E-state index contributed by atoms with van der Waals surface area (Å²) in [7, 11) is 4.50. The van der Waals surface area contributed by atoms with Gasteiger partial charge in [0.1, 0.15) is 0 Å². The van der Waals surface area contributed by atoms with Crippen molar-refractivity contribution >= 4 is 49.1 Å². The molecule has 1 aromatic carbocycles. The maximum absolute atomic E-state index is 12.7. The summed E-state index contributed by atoms with van der Waals surface area (Å²) < 4.78 is 17.0. The van der Waals surface area contributed by atoms with Crippen LogP contribution in [0, 0.1) is 6.92 Å². The molecule has 24 heavy (non-hydrogen) atoms. The van der Waals surface area contributed by atoms with E-state index in [9.17, 15) is 4.79 Å². The van der Waals surface area contributed by atoms with Crippen LogP contribution in [0.3, 0.4) is 0 Å². The molecule has 0 saturated carbocycles. The van der Waals surface area contributed by atoms with Gasteiger partial charge in [0.25, 0.3) is 5.91 Å². The zero-order chi connectivity index (χ0) is 17.9. The van der Waals surface area contributed by atoms with Gasteiger partial charge in [0.05, 0.1) is 53.1 Å². The fraction of sp³-hybridized carbons (Fsp3) is 0.333. The fourth-order valence-corrected chi connectivity index (χ4v) is 4.44. The Morgan fingerprint density at radius 3 is 2.08 bits per heavy atom. The molecule has 1 heterocycles. The van der Waals surface area contributed by atoms with Gasteiger partial charge in [0.2, 0.25) is 5.75 Å². The number of aromatic nitrogens is 1. The summed E-state index contributed by atoms with van der Waals surface area (Å²) in [6.45, 7) is 2.25. The third-order valence-corrected chi connectivity index (χ3v) is 5.52. The Morgan fingerprint density at radius 1 is 1.12 bits per heavy atom. The van der Waals surface area contributed by atoms with Crippen LogP contribution in [0.5, 0.6) is 17.2 Å². The van der Waals surface area contributed by atoms with E-state index in [1.54, 1.807) is 0 Å². The first-order valence-electron chi connectivity index (χ1n) is 6.80. The Morgan fingerprint density at radius 2 is 1.67 bits per heavy atom. The predicted molar refractivity (Wildman–Crippen MR) is 99.5 cm³/mol. The van der Waals surface area contributed by atoms with Crippen molar-refractivity contribution in [1.29, 1.82) is 0 Å². The number of aryl methyl sites for hydroxylation is 1. The van der Waals surface area contributed by atoms with E-state index in [1.165, 1.54) is 32.7 Å². The van der Waals surface area contributed by atoms with Gasteiger partial charge in [-0.2, -0.15) is 0 Å². The number of nitrogens with zero attached hydrogens (tertiary/aromatic N) is 1. The molecule has 130 valence electrons. The van der Waals surface area contributed by atoms with Crippen molar-refractivity contribution in [2.75, 3.05) is 21.3 Å². The summed E-state index contributed by atoms with van der Waals surface area (Å²) >= 11 is 8.36. The molecule has 1 N–H and O–H groups in total. The molecular formula is C15H16Br2N2O4S. The van der Waals surface area contributed by atoms with Gasteiger partial charge in [0, 0.05) is 5.38 Å². The molecule has 6 nitrogen and oxygen atoms in total. The molecule has 0 atom stereocenters. The number of amides is 1. The second-order valence-electron chi connectivity index (χ2n) is 4.64. The molecule has 2 rings (SSSR count). The summed E-state index contributed by atoms with van der Waals surface area (Å²) in [5.41, 5.74) is 1.17. The van der Waals surface area contributed by atoms with Gasteiger partial charge < -0.3 is 19.5 Å². The van der Waals surface area contributed by atoms with Gasteiger partial charge in [0.15, 0.2) is 11.5 Å². The van der Waals surface area contributed by atoms with E-state index in [1.807, 2.05) is 12.3 Å². The molecular weight excluding hydrogens is 464 g/mol. The Balaban J connectivity index is 2.39. The molecule has 9 heteroatoms. The van der Waals surface area contributed by atoms with Crippen LogP contribution in [0.1, 0.15) is 21.1 Å². The van der Waals surface area contributed by atoms with Gasteiger partial charge >= 0.3 is 0 Å². The van der Waals surface area contributed by atoms with Gasteiger partial charge in [-0.15, -0.1) is 11.3 Å². The summed E-state index contributed by atoms with van der Waals surface area (Å²) in [4.78, 5) is 17.0. The highest BCUT2D eigenvalue weighted by Gasteiger charge is 2.27. The number of thiazole rings is 1. The Kier molecular flexibility index (Phi) is 6.47. The molecule has 2 aromatic rings. The van der Waals surface area contributed by atoms with Crippen LogP contribution in [0.15, 0.2) is 14.3 Å². The van der Waals surface area contributed by atoms with Crippen LogP contribution in [-0.2, 0) is 6.54 Å². The van der Waals surface area contributed by atoms with Gasteiger partial charge in [-0.05, 0) is 38.8 Å². The first-order valence-corrected chi connectivity index (χ1v) is 9.27. The third kappa shape index (κ3) is 3.68. The Bertz CT molecular complexity index is 733. The molecule has 0 aliphatic carbocycles. The van der Waals surface area contributed by atoms with Crippen LogP contribution in [-0.4, -0.2) is 32.2 Å². The Labute approximate surface area is 160 Å². The van der Waals surface area contributed by atoms with Crippen LogP contribution < -0.4 is 19.5 Å². The number of methoxy groups -OCH3 is 3. The van der Waals surface area contributed by atoms with E-state index in [2.05, 4.69) is 42.2 Å². The second-order valence-corrected chi connectivity index (χ2v) is 7.29. The van der Waals surface area contributed by atoms with Crippen molar-refractivity contribution in [1.82, 2.24) is 10.3 Å².